The predicted octanol–water partition coefficient (Wildman–Crippen LogP) is 1.00. The summed E-state index contributed by atoms with van der Waals surface area (Å²) in [6.45, 7) is 2.10. The first-order chi connectivity index (χ1) is 13.1. The Morgan fingerprint density at radius 3 is 2.96 bits per heavy atom. The zero-order valence-corrected chi connectivity index (χ0v) is 15.3. The number of aryl methyl sites for hydroxylation is 1. The third kappa shape index (κ3) is 3.70. The Hall–Kier alpha value is -2.39. The molecule has 8 nitrogen and oxygen atoms in total. The highest BCUT2D eigenvalue weighted by Gasteiger charge is 2.34. The highest BCUT2D eigenvalue weighted by Crippen LogP contribution is 2.29. The number of aromatic nitrogens is 4. The lowest BCUT2D eigenvalue weighted by atomic mass is 9.93. The molecule has 1 saturated heterocycles. The van der Waals surface area contributed by atoms with E-state index in [1.165, 1.54) is 12.1 Å². The summed E-state index contributed by atoms with van der Waals surface area (Å²) in [5, 5.41) is 11.8. The Morgan fingerprint density at radius 2 is 2.15 bits per heavy atom. The van der Waals surface area contributed by atoms with Crippen molar-refractivity contribution in [3.8, 4) is 0 Å². The zero-order chi connectivity index (χ0) is 18.8. The lowest BCUT2D eigenvalue weighted by molar-refractivity contribution is -0.132. The maximum absolute atomic E-state index is 13.2. The molecule has 3 unspecified atom stereocenters. The normalized spacial score (nSPS) is 25.0. The summed E-state index contributed by atoms with van der Waals surface area (Å²) >= 11 is 0. The van der Waals surface area contributed by atoms with Gasteiger partial charge in [-0.1, -0.05) is 18.6 Å². The highest BCUT2D eigenvalue weighted by atomic mass is 19.1. The fraction of sp³-hybridized carbons (Fsp3) is 0.556. The molecule has 0 bridgehead atoms. The van der Waals surface area contributed by atoms with Gasteiger partial charge in [-0.15, -0.1) is 5.10 Å². The van der Waals surface area contributed by atoms with Crippen molar-refractivity contribution in [2.24, 2.45) is 5.92 Å². The van der Waals surface area contributed by atoms with Crippen LogP contribution in [-0.4, -0.2) is 51.2 Å². The number of halogens is 1. The van der Waals surface area contributed by atoms with Gasteiger partial charge in [0.05, 0.1) is 12.0 Å². The van der Waals surface area contributed by atoms with Gasteiger partial charge in [-0.3, -0.25) is 10.2 Å². The number of benzene rings is 1. The van der Waals surface area contributed by atoms with E-state index in [9.17, 15) is 9.18 Å². The minimum atomic E-state index is -0.293. The second-order valence-electron chi connectivity index (χ2n) is 7.34. The smallest absolute Gasteiger partial charge is 0.233 e. The van der Waals surface area contributed by atoms with Gasteiger partial charge in [-0.25, -0.2) is 14.5 Å². The number of rotatable bonds is 4. The molecule has 2 aliphatic rings. The van der Waals surface area contributed by atoms with E-state index in [1.54, 1.807) is 21.7 Å². The molecule has 4 rings (SSSR count). The molecule has 1 fully saturated rings. The van der Waals surface area contributed by atoms with Crippen LogP contribution in [0.3, 0.4) is 0 Å². The van der Waals surface area contributed by atoms with Crippen LogP contribution in [0.1, 0.15) is 42.6 Å². The third-order valence-corrected chi connectivity index (χ3v) is 5.49. The summed E-state index contributed by atoms with van der Waals surface area (Å²) < 4.78 is 15.0. The van der Waals surface area contributed by atoms with E-state index in [2.05, 4.69) is 26.4 Å². The number of carbonyl (C=O) groups excluding carboxylic acids is 1. The first-order valence-electron chi connectivity index (χ1n) is 9.38. The molecule has 0 spiro atoms. The fourth-order valence-electron chi connectivity index (χ4n) is 4.03. The Bertz CT molecular complexity index is 793. The number of tetrazole rings is 1. The number of carbonyl (C=O) groups is 1. The summed E-state index contributed by atoms with van der Waals surface area (Å²) in [5.74, 6) is 0.365. The van der Waals surface area contributed by atoms with E-state index < -0.39 is 0 Å². The van der Waals surface area contributed by atoms with Crippen molar-refractivity contribution in [3.05, 3.63) is 41.5 Å². The summed E-state index contributed by atoms with van der Waals surface area (Å²) in [6, 6.07) is 6.53. The summed E-state index contributed by atoms with van der Waals surface area (Å²) in [4.78, 5) is 14.9. The number of nitrogens with zero attached hydrogens (tertiary/aromatic N) is 5. The quantitative estimate of drug-likeness (QED) is 0.832. The molecule has 3 heterocycles. The van der Waals surface area contributed by atoms with Crippen LogP contribution in [0, 0.1) is 11.7 Å². The van der Waals surface area contributed by atoms with Crippen LogP contribution in [0.2, 0.25) is 0 Å². The van der Waals surface area contributed by atoms with Crippen molar-refractivity contribution in [1.82, 2.24) is 36.0 Å². The molecule has 1 aromatic heterocycles. The molecule has 2 aromatic rings. The third-order valence-electron chi connectivity index (χ3n) is 5.49. The molecule has 2 aliphatic heterocycles. The van der Waals surface area contributed by atoms with Crippen LogP contribution < -0.4 is 10.9 Å². The van der Waals surface area contributed by atoms with E-state index in [0.717, 1.165) is 37.9 Å². The van der Waals surface area contributed by atoms with Crippen LogP contribution in [0.15, 0.2) is 24.3 Å². The van der Waals surface area contributed by atoms with Gasteiger partial charge in [-0.05, 0) is 41.0 Å². The number of hydrazine groups is 1. The van der Waals surface area contributed by atoms with Crippen LogP contribution in [0.4, 0.5) is 4.39 Å². The largest absolute Gasteiger partial charge is 0.345 e. The highest BCUT2D eigenvalue weighted by molar-refractivity contribution is 5.82. The lowest BCUT2D eigenvalue weighted by Crippen LogP contribution is -2.38. The van der Waals surface area contributed by atoms with Crippen molar-refractivity contribution in [3.63, 3.8) is 0 Å². The summed E-state index contributed by atoms with van der Waals surface area (Å²) in [6.07, 6.45) is 2.72. The molecule has 1 amide bonds. The zero-order valence-electron chi connectivity index (χ0n) is 15.3. The van der Waals surface area contributed by atoms with Crippen molar-refractivity contribution < 1.29 is 9.18 Å². The predicted molar refractivity (Wildman–Crippen MR) is 95.8 cm³/mol. The maximum Gasteiger partial charge on any atom is 0.233 e. The lowest BCUT2D eigenvalue weighted by Gasteiger charge is -2.27. The van der Waals surface area contributed by atoms with Gasteiger partial charge in [0.1, 0.15) is 5.82 Å². The van der Waals surface area contributed by atoms with Crippen LogP contribution in [-0.2, 0) is 11.3 Å². The second kappa shape index (κ2) is 7.69. The molecule has 0 radical (unpaired) electrons. The number of likely N-dealkylation sites (N-methyl/N-ethyl adjacent to an activating group) is 1. The van der Waals surface area contributed by atoms with Gasteiger partial charge in [0, 0.05) is 32.6 Å². The Labute approximate surface area is 157 Å². The van der Waals surface area contributed by atoms with Crippen molar-refractivity contribution >= 4 is 5.91 Å². The molecule has 0 aliphatic carbocycles. The number of amides is 1. The van der Waals surface area contributed by atoms with E-state index >= 15 is 0 Å². The van der Waals surface area contributed by atoms with E-state index in [0.29, 0.717) is 12.4 Å². The van der Waals surface area contributed by atoms with E-state index in [1.807, 2.05) is 7.05 Å². The standard InChI is InChI=1S/C18H24FN7O/c1-25(18(27)15-4-2-3-9-26-17(15)22-23-24-26)11-13-10-20-21-16(13)12-5-7-14(19)8-6-12/h5-8,13,15-16,20-21H,2-4,9-11H2,1H3. The topological polar surface area (TPSA) is 88.0 Å². The van der Waals surface area contributed by atoms with Crippen LogP contribution in [0.25, 0.3) is 0 Å². The molecule has 0 saturated carbocycles. The maximum atomic E-state index is 13.2. The molecule has 2 N–H and O–H groups in total. The molecule has 9 heteroatoms. The first kappa shape index (κ1) is 18.0. The van der Waals surface area contributed by atoms with Crippen molar-refractivity contribution in [2.45, 2.75) is 37.8 Å². The molecule has 1 aromatic carbocycles. The number of hydrogen-bond acceptors (Lipinski definition) is 6. The molecule has 3 atom stereocenters. The Morgan fingerprint density at radius 1 is 1.33 bits per heavy atom. The molecular weight excluding hydrogens is 349 g/mol. The second-order valence-corrected chi connectivity index (χ2v) is 7.34. The van der Waals surface area contributed by atoms with E-state index in [-0.39, 0.29) is 29.6 Å². The molecule has 27 heavy (non-hydrogen) atoms. The molecule has 144 valence electrons. The summed E-state index contributed by atoms with van der Waals surface area (Å²) in [7, 11) is 1.83. The average Bonchev–Trinajstić information content (AvgIpc) is 3.27. The van der Waals surface area contributed by atoms with Gasteiger partial charge in [0.25, 0.3) is 0 Å². The van der Waals surface area contributed by atoms with Gasteiger partial charge in [0.15, 0.2) is 5.82 Å². The van der Waals surface area contributed by atoms with Crippen LogP contribution in [0.5, 0.6) is 0 Å². The van der Waals surface area contributed by atoms with Gasteiger partial charge in [-0.2, -0.15) is 0 Å². The van der Waals surface area contributed by atoms with E-state index in [4.69, 9.17) is 0 Å². The Balaban J connectivity index is 1.46. The van der Waals surface area contributed by atoms with Crippen molar-refractivity contribution in [1.29, 1.82) is 0 Å². The minimum absolute atomic E-state index is 0.0281. The van der Waals surface area contributed by atoms with Crippen molar-refractivity contribution in [2.75, 3.05) is 20.1 Å². The number of fused-ring (bicyclic) bond motifs is 1. The Kier molecular flexibility index (Phi) is 5.13. The SMILES string of the molecule is CN(CC1CNNC1c1ccc(F)cc1)C(=O)C1CCCCn2nnnc21. The fourth-order valence-corrected chi connectivity index (χ4v) is 4.03. The van der Waals surface area contributed by atoms with Gasteiger partial charge >= 0.3 is 0 Å². The van der Waals surface area contributed by atoms with Gasteiger partial charge in [0.2, 0.25) is 5.91 Å². The number of nitrogens with one attached hydrogen (secondary N) is 2. The summed E-state index contributed by atoms with van der Waals surface area (Å²) in [5.41, 5.74) is 7.41. The number of hydrogen-bond donors (Lipinski definition) is 2. The average molecular weight is 373 g/mol. The monoisotopic (exact) mass is 373 g/mol. The van der Waals surface area contributed by atoms with Crippen LogP contribution >= 0.6 is 0 Å². The first-order valence-corrected chi connectivity index (χ1v) is 9.38. The van der Waals surface area contributed by atoms with Gasteiger partial charge < -0.3 is 4.90 Å². The molecular formula is C18H24FN7O. The minimum Gasteiger partial charge on any atom is -0.345 e.